The van der Waals surface area contributed by atoms with Crippen molar-refractivity contribution in [3.05, 3.63) is 65.5 Å². The van der Waals surface area contributed by atoms with Crippen molar-refractivity contribution >= 4 is 17.5 Å². The molecule has 4 nitrogen and oxygen atoms in total. The number of carbonyl (C=O) groups excluding carboxylic acids is 2. The highest BCUT2D eigenvalue weighted by molar-refractivity contribution is 5.96. The van der Waals surface area contributed by atoms with Crippen molar-refractivity contribution in [1.29, 1.82) is 0 Å². The number of hydrogen-bond donors (Lipinski definition) is 1. The number of para-hydroxylation sites is 1. The molecule has 1 aliphatic rings. The first-order valence-corrected chi connectivity index (χ1v) is 8.25. The van der Waals surface area contributed by atoms with Gasteiger partial charge < -0.3 is 10.2 Å². The van der Waals surface area contributed by atoms with Gasteiger partial charge in [0.25, 0.3) is 5.91 Å². The van der Waals surface area contributed by atoms with Crippen LogP contribution in [0.15, 0.2) is 42.5 Å². The van der Waals surface area contributed by atoms with Crippen molar-refractivity contribution in [2.75, 3.05) is 18.4 Å². The number of anilines is 1. The van der Waals surface area contributed by atoms with Gasteiger partial charge >= 0.3 is 0 Å². The van der Waals surface area contributed by atoms with E-state index in [1.807, 2.05) is 0 Å². The fourth-order valence-electron chi connectivity index (χ4n) is 2.99. The lowest BCUT2D eigenvalue weighted by Crippen LogP contribution is -2.43. The van der Waals surface area contributed by atoms with Gasteiger partial charge in [-0.1, -0.05) is 6.07 Å². The van der Waals surface area contributed by atoms with E-state index < -0.39 is 35.0 Å². The number of halogens is 3. The molecule has 0 aromatic heterocycles. The summed E-state index contributed by atoms with van der Waals surface area (Å²) in [5.74, 6) is -3.57. The highest BCUT2D eigenvalue weighted by atomic mass is 19.1. The Morgan fingerprint density at radius 1 is 1.00 bits per heavy atom. The van der Waals surface area contributed by atoms with Crippen molar-refractivity contribution in [2.24, 2.45) is 5.92 Å². The van der Waals surface area contributed by atoms with Crippen LogP contribution in [-0.2, 0) is 4.79 Å². The summed E-state index contributed by atoms with van der Waals surface area (Å²) >= 11 is 0. The number of hydrogen-bond acceptors (Lipinski definition) is 2. The van der Waals surface area contributed by atoms with E-state index in [2.05, 4.69) is 5.32 Å². The average Bonchev–Trinajstić information content (AvgIpc) is 2.65. The number of nitrogens with zero attached hydrogens (tertiary/aromatic N) is 1. The van der Waals surface area contributed by atoms with Gasteiger partial charge in [-0.3, -0.25) is 9.59 Å². The predicted octanol–water partition coefficient (Wildman–Crippen LogP) is 3.59. The smallest absolute Gasteiger partial charge is 0.253 e. The standard InChI is InChI=1S/C19H17F3N2O2/c20-14-8-6-12(7-9-14)19(26)24-10-2-3-13(11-24)18(25)23-17-15(21)4-1-5-16(17)22/h1,4-9,13H,2-3,10-11H2,(H,23,25). The van der Waals surface area contributed by atoms with Crippen LogP contribution in [0.5, 0.6) is 0 Å². The van der Waals surface area contributed by atoms with Crippen LogP contribution in [0.25, 0.3) is 0 Å². The molecule has 0 radical (unpaired) electrons. The molecule has 1 heterocycles. The number of likely N-dealkylation sites (tertiary alicyclic amines) is 1. The van der Waals surface area contributed by atoms with Gasteiger partial charge in [0.05, 0.1) is 5.92 Å². The van der Waals surface area contributed by atoms with E-state index in [-0.39, 0.29) is 12.5 Å². The topological polar surface area (TPSA) is 49.4 Å². The summed E-state index contributed by atoms with van der Waals surface area (Å²) in [4.78, 5) is 26.4. The molecule has 3 rings (SSSR count). The molecule has 2 aromatic rings. The predicted molar refractivity (Wildman–Crippen MR) is 90.0 cm³/mol. The average molecular weight is 362 g/mol. The summed E-state index contributed by atoms with van der Waals surface area (Å²) < 4.78 is 40.4. The molecule has 0 aliphatic carbocycles. The van der Waals surface area contributed by atoms with Gasteiger partial charge in [0, 0.05) is 18.7 Å². The molecule has 2 amide bonds. The molecule has 26 heavy (non-hydrogen) atoms. The van der Waals surface area contributed by atoms with Gasteiger partial charge in [0.2, 0.25) is 5.91 Å². The summed E-state index contributed by atoms with van der Waals surface area (Å²) in [6.07, 6.45) is 1.10. The van der Waals surface area contributed by atoms with Crippen LogP contribution in [0.3, 0.4) is 0 Å². The number of piperidine rings is 1. The minimum absolute atomic E-state index is 0.137. The first kappa shape index (κ1) is 18.0. The first-order valence-electron chi connectivity index (χ1n) is 8.25. The molecule has 1 fully saturated rings. The Labute approximate surface area is 148 Å². The first-order chi connectivity index (χ1) is 12.5. The maximum atomic E-state index is 13.7. The number of benzene rings is 2. The molecule has 7 heteroatoms. The van der Waals surface area contributed by atoms with E-state index in [9.17, 15) is 22.8 Å². The van der Waals surface area contributed by atoms with Crippen molar-refractivity contribution in [1.82, 2.24) is 4.90 Å². The van der Waals surface area contributed by atoms with Crippen LogP contribution in [-0.4, -0.2) is 29.8 Å². The van der Waals surface area contributed by atoms with Crippen molar-refractivity contribution in [2.45, 2.75) is 12.8 Å². The molecule has 2 aromatic carbocycles. The second-order valence-corrected chi connectivity index (χ2v) is 6.18. The molecular formula is C19H17F3N2O2. The zero-order valence-corrected chi connectivity index (χ0v) is 13.8. The third-order valence-electron chi connectivity index (χ3n) is 4.38. The Kier molecular flexibility index (Phi) is 5.25. The van der Waals surface area contributed by atoms with Gasteiger partial charge in [0.15, 0.2) is 0 Å². The Balaban J connectivity index is 1.69. The lowest BCUT2D eigenvalue weighted by Gasteiger charge is -2.32. The maximum absolute atomic E-state index is 13.7. The van der Waals surface area contributed by atoms with Crippen LogP contribution in [0.2, 0.25) is 0 Å². The zero-order chi connectivity index (χ0) is 18.7. The van der Waals surface area contributed by atoms with Crippen LogP contribution in [0.1, 0.15) is 23.2 Å². The molecule has 136 valence electrons. The molecule has 1 N–H and O–H groups in total. The minimum Gasteiger partial charge on any atom is -0.338 e. The van der Waals surface area contributed by atoms with Gasteiger partial charge in [-0.05, 0) is 49.2 Å². The molecule has 1 aliphatic heterocycles. The molecule has 0 saturated carbocycles. The third kappa shape index (κ3) is 3.87. The van der Waals surface area contributed by atoms with Crippen LogP contribution in [0.4, 0.5) is 18.9 Å². The Bertz CT molecular complexity index is 804. The Hall–Kier alpha value is -2.83. The largest absolute Gasteiger partial charge is 0.338 e. The van der Waals surface area contributed by atoms with E-state index in [1.54, 1.807) is 0 Å². The third-order valence-corrected chi connectivity index (χ3v) is 4.38. The molecule has 1 saturated heterocycles. The number of amides is 2. The van der Waals surface area contributed by atoms with Crippen molar-refractivity contribution in [3.63, 3.8) is 0 Å². The van der Waals surface area contributed by atoms with Crippen LogP contribution in [0, 0.1) is 23.4 Å². The lowest BCUT2D eigenvalue weighted by atomic mass is 9.96. The van der Waals surface area contributed by atoms with Crippen molar-refractivity contribution < 1.29 is 22.8 Å². The van der Waals surface area contributed by atoms with E-state index in [0.29, 0.717) is 24.9 Å². The highest BCUT2D eigenvalue weighted by Gasteiger charge is 2.29. The monoisotopic (exact) mass is 362 g/mol. The molecule has 1 unspecified atom stereocenters. The normalized spacial score (nSPS) is 17.0. The quantitative estimate of drug-likeness (QED) is 0.907. The summed E-state index contributed by atoms with van der Waals surface area (Å²) in [6, 6.07) is 8.49. The SMILES string of the molecule is O=C(Nc1c(F)cccc1F)C1CCCN(C(=O)c2ccc(F)cc2)C1. The van der Waals surface area contributed by atoms with E-state index in [0.717, 1.165) is 12.1 Å². The van der Waals surface area contributed by atoms with Crippen LogP contribution >= 0.6 is 0 Å². The molecular weight excluding hydrogens is 345 g/mol. The van der Waals surface area contributed by atoms with Crippen LogP contribution < -0.4 is 5.32 Å². The minimum atomic E-state index is -0.853. The van der Waals surface area contributed by atoms with Gasteiger partial charge in [-0.15, -0.1) is 0 Å². The maximum Gasteiger partial charge on any atom is 0.253 e. The molecule has 1 atom stereocenters. The molecule has 0 spiro atoms. The van der Waals surface area contributed by atoms with Gasteiger partial charge in [0.1, 0.15) is 23.1 Å². The summed E-state index contributed by atoms with van der Waals surface area (Å²) in [7, 11) is 0. The highest BCUT2D eigenvalue weighted by Crippen LogP contribution is 2.23. The van der Waals surface area contributed by atoms with E-state index in [4.69, 9.17) is 0 Å². The summed E-state index contributed by atoms with van der Waals surface area (Å²) in [6.45, 7) is 0.603. The van der Waals surface area contributed by atoms with E-state index >= 15 is 0 Å². The summed E-state index contributed by atoms with van der Waals surface area (Å²) in [5, 5.41) is 2.28. The Morgan fingerprint density at radius 2 is 1.65 bits per heavy atom. The Morgan fingerprint density at radius 3 is 2.31 bits per heavy atom. The second kappa shape index (κ2) is 7.59. The fourth-order valence-corrected chi connectivity index (χ4v) is 2.99. The zero-order valence-electron chi connectivity index (χ0n) is 13.8. The van der Waals surface area contributed by atoms with E-state index in [1.165, 1.54) is 35.2 Å². The lowest BCUT2D eigenvalue weighted by molar-refractivity contribution is -0.121. The molecule has 0 bridgehead atoms. The number of nitrogens with one attached hydrogen (secondary N) is 1. The number of rotatable bonds is 3. The second-order valence-electron chi connectivity index (χ2n) is 6.18. The van der Waals surface area contributed by atoms with Gasteiger partial charge in [-0.2, -0.15) is 0 Å². The summed E-state index contributed by atoms with van der Waals surface area (Å²) in [5.41, 5.74) is -0.160. The fraction of sp³-hybridized carbons (Fsp3) is 0.263. The van der Waals surface area contributed by atoms with Crippen molar-refractivity contribution in [3.8, 4) is 0 Å². The van der Waals surface area contributed by atoms with Gasteiger partial charge in [-0.25, -0.2) is 13.2 Å². The number of carbonyl (C=O) groups is 2.